The van der Waals surface area contributed by atoms with E-state index < -0.39 is 11.1 Å². The van der Waals surface area contributed by atoms with Crippen LogP contribution < -0.4 is 14.8 Å². The number of ether oxygens (including phenoxy) is 6. The number of amides is 1. The topological polar surface area (TPSA) is 162 Å². The zero-order chi connectivity index (χ0) is 43.0. The van der Waals surface area contributed by atoms with Crippen LogP contribution in [0.15, 0.2) is 67.0 Å². The van der Waals surface area contributed by atoms with Gasteiger partial charge in [0.2, 0.25) is 0 Å². The number of unbranched alkanes of at least 4 members (excludes halogenated alkanes) is 5. The molecule has 1 unspecified atom stereocenters. The molecule has 7 rings (SSSR count). The standard InChI is InChI=1S/C47H63N7O8/c1-53-23-18-46(19-24-53,45-49-43(51-52-45)36-16-21-48-22-17-36)50-38-12-10-11-37(33-38)44(56)54-35-47(54)20-28-62-41-15-14-39(34-40(41)47)61-27-9-4-3-7-25-58-29-31-60-32-30-59-26-8-5-6-13-42(55)57-2/h10-12,14-17,21-22,33-34,50H,3-9,13,18-20,23-32,35H2,1-2H3,(H,49,51,52). The lowest BCUT2D eigenvalue weighted by Crippen LogP contribution is -2.46. The number of aromatic amines is 1. The smallest absolute Gasteiger partial charge is 0.305 e. The number of pyridine rings is 1. The molecule has 1 amide bonds. The summed E-state index contributed by atoms with van der Waals surface area (Å²) in [6, 6.07) is 17.7. The average molecular weight is 854 g/mol. The van der Waals surface area contributed by atoms with Crippen molar-refractivity contribution in [1.82, 2.24) is 30.0 Å². The third kappa shape index (κ3) is 11.9. The molecule has 5 heterocycles. The minimum absolute atomic E-state index is 0.00365. The quantitative estimate of drug-likeness (QED) is 0.0409. The second kappa shape index (κ2) is 22.3. The number of H-pyrrole nitrogens is 1. The monoisotopic (exact) mass is 853 g/mol. The maximum atomic E-state index is 14.2. The fraction of sp³-hybridized carbons (Fsp3) is 0.553. The molecule has 1 spiro atoms. The molecule has 62 heavy (non-hydrogen) atoms. The van der Waals surface area contributed by atoms with E-state index in [1.807, 2.05) is 53.4 Å². The molecule has 334 valence electrons. The van der Waals surface area contributed by atoms with Gasteiger partial charge < -0.3 is 43.5 Å². The molecular weight excluding hydrogens is 791 g/mol. The van der Waals surface area contributed by atoms with Gasteiger partial charge in [-0.05, 0) is 101 Å². The number of nitrogens with zero attached hydrogens (tertiary/aromatic N) is 5. The SMILES string of the molecule is COC(=O)CCCCCOCCOCCOCCCCCCOc1ccc2c(c1)C1(CCO2)CN1C(=O)c1cccc(NC2(c3nc(-c4ccncc4)n[nH]3)CCN(C)CC2)c1. The Bertz CT molecular complexity index is 2020. The molecular formula is C47H63N7O8. The average Bonchev–Trinajstić information content (AvgIpc) is 3.78. The minimum Gasteiger partial charge on any atom is -0.494 e. The Balaban J connectivity index is 0.824. The lowest BCUT2D eigenvalue weighted by Gasteiger charge is -2.40. The molecule has 15 nitrogen and oxygen atoms in total. The van der Waals surface area contributed by atoms with E-state index >= 15 is 0 Å². The Morgan fingerprint density at radius 3 is 2.27 bits per heavy atom. The van der Waals surface area contributed by atoms with Crippen molar-refractivity contribution in [2.24, 2.45) is 0 Å². The molecule has 1 atom stereocenters. The number of anilines is 1. The minimum atomic E-state index is -0.470. The Labute approximate surface area is 365 Å². The summed E-state index contributed by atoms with van der Waals surface area (Å²) in [5.41, 5.74) is 2.56. The normalized spacial score (nSPS) is 17.9. The number of likely N-dealkylation sites (tertiary alicyclic amines) is 1. The first kappa shape index (κ1) is 44.9. The van der Waals surface area contributed by atoms with Gasteiger partial charge in [-0.1, -0.05) is 18.9 Å². The highest BCUT2D eigenvalue weighted by molar-refractivity contribution is 5.97. The van der Waals surface area contributed by atoms with E-state index in [4.69, 9.17) is 28.7 Å². The molecule has 3 aliphatic rings. The Hall–Kier alpha value is -5.09. The molecule has 2 N–H and O–H groups in total. The van der Waals surface area contributed by atoms with Gasteiger partial charge in [-0.3, -0.25) is 19.7 Å². The molecule has 4 aromatic rings. The second-order valence-corrected chi connectivity index (χ2v) is 16.5. The summed E-state index contributed by atoms with van der Waals surface area (Å²) in [4.78, 5) is 38.7. The number of piperidine rings is 1. The van der Waals surface area contributed by atoms with Crippen LogP contribution in [0.25, 0.3) is 11.4 Å². The number of esters is 1. The van der Waals surface area contributed by atoms with Gasteiger partial charge in [0.05, 0.1) is 57.8 Å². The van der Waals surface area contributed by atoms with Crippen molar-refractivity contribution in [2.75, 3.05) is 92.0 Å². The van der Waals surface area contributed by atoms with Crippen LogP contribution >= 0.6 is 0 Å². The molecule has 2 saturated heterocycles. The second-order valence-electron chi connectivity index (χ2n) is 16.5. The van der Waals surface area contributed by atoms with Crippen molar-refractivity contribution in [3.05, 3.63) is 83.9 Å². The predicted molar refractivity (Wildman–Crippen MR) is 234 cm³/mol. The number of nitrogens with one attached hydrogen (secondary N) is 2. The predicted octanol–water partition coefficient (Wildman–Crippen LogP) is 6.76. The molecule has 15 heteroatoms. The molecule has 2 aromatic heterocycles. The van der Waals surface area contributed by atoms with Crippen molar-refractivity contribution < 1.29 is 38.0 Å². The first-order valence-corrected chi connectivity index (χ1v) is 22.3. The molecule has 3 aliphatic heterocycles. The van der Waals surface area contributed by atoms with Crippen LogP contribution in [-0.2, 0) is 34.8 Å². The summed E-state index contributed by atoms with van der Waals surface area (Å²) in [7, 11) is 3.55. The van der Waals surface area contributed by atoms with Crippen molar-refractivity contribution in [2.45, 2.75) is 81.7 Å². The third-order valence-electron chi connectivity index (χ3n) is 12.1. The van der Waals surface area contributed by atoms with Crippen molar-refractivity contribution in [3.8, 4) is 22.9 Å². The van der Waals surface area contributed by atoms with Gasteiger partial charge in [0.25, 0.3) is 5.91 Å². The summed E-state index contributed by atoms with van der Waals surface area (Å²) in [6.07, 6.45) is 13.1. The van der Waals surface area contributed by atoms with Crippen LogP contribution in [0.4, 0.5) is 5.69 Å². The fourth-order valence-electron chi connectivity index (χ4n) is 8.32. The number of benzene rings is 2. The van der Waals surface area contributed by atoms with Gasteiger partial charge in [-0.15, -0.1) is 0 Å². The largest absolute Gasteiger partial charge is 0.494 e. The number of hydrogen-bond donors (Lipinski definition) is 2. The number of methoxy groups -OCH3 is 1. The summed E-state index contributed by atoms with van der Waals surface area (Å²) < 4.78 is 33.8. The number of aromatic nitrogens is 4. The summed E-state index contributed by atoms with van der Waals surface area (Å²) in [5.74, 6) is 2.88. The zero-order valence-electron chi connectivity index (χ0n) is 36.4. The maximum absolute atomic E-state index is 14.2. The van der Waals surface area contributed by atoms with Crippen molar-refractivity contribution in [1.29, 1.82) is 0 Å². The number of carbonyl (C=O) groups excluding carboxylic acids is 2. The van der Waals surface area contributed by atoms with Gasteiger partial charge >= 0.3 is 5.97 Å². The number of hydrogen-bond acceptors (Lipinski definition) is 13. The van der Waals surface area contributed by atoms with Gasteiger partial charge in [0, 0.05) is 80.5 Å². The van der Waals surface area contributed by atoms with Crippen LogP contribution in [0.3, 0.4) is 0 Å². The Kier molecular flexibility index (Phi) is 16.2. The van der Waals surface area contributed by atoms with E-state index in [1.54, 1.807) is 12.4 Å². The first-order chi connectivity index (χ1) is 30.4. The molecule has 0 radical (unpaired) electrons. The lowest BCUT2D eigenvalue weighted by molar-refractivity contribution is -0.140. The highest BCUT2D eigenvalue weighted by Crippen LogP contribution is 2.53. The van der Waals surface area contributed by atoms with Gasteiger partial charge in [-0.25, -0.2) is 4.98 Å². The van der Waals surface area contributed by atoms with Crippen LogP contribution in [0, 0.1) is 0 Å². The van der Waals surface area contributed by atoms with Crippen LogP contribution in [0.5, 0.6) is 11.5 Å². The summed E-state index contributed by atoms with van der Waals surface area (Å²) >= 11 is 0. The molecule has 2 aromatic carbocycles. The van der Waals surface area contributed by atoms with E-state index in [9.17, 15) is 9.59 Å². The van der Waals surface area contributed by atoms with E-state index in [0.29, 0.717) is 77.2 Å². The zero-order valence-corrected chi connectivity index (χ0v) is 36.4. The first-order valence-electron chi connectivity index (χ1n) is 22.3. The van der Waals surface area contributed by atoms with Gasteiger partial charge in [0.1, 0.15) is 11.5 Å². The third-order valence-corrected chi connectivity index (χ3v) is 12.1. The van der Waals surface area contributed by atoms with Crippen LogP contribution in [0.2, 0.25) is 0 Å². The van der Waals surface area contributed by atoms with Crippen LogP contribution in [-0.4, -0.2) is 128 Å². The molecule has 0 saturated carbocycles. The number of fused-ring (bicyclic) bond motifs is 2. The summed E-state index contributed by atoms with van der Waals surface area (Å²) in [5, 5.41) is 11.6. The van der Waals surface area contributed by atoms with Gasteiger partial charge in [-0.2, -0.15) is 5.10 Å². The highest BCUT2D eigenvalue weighted by atomic mass is 16.5. The maximum Gasteiger partial charge on any atom is 0.305 e. The molecule has 2 fully saturated rings. The van der Waals surface area contributed by atoms with Crippen LogP contribution in [0.1, 0.15) is 92.4 Å². The Morgan fingerprint density at radius 2 is 1.53 bits per heavy atom. The van der Waals surface area contributed by atoms with E-state index in [0.717, 1.165) is 111 Å². The highest BCUT2D eigenvalue weighted by Gasteiger charge is 2.58. The fourth-order valence-corrected chi connectivity index (χ4v) is 8.32. The van der Waals surface area contributed by atoms with Gasteiger partial charge in [0.15, 0.2) is 11.6 Å². The lowest BCUT2D eigenvalue weighted by atomic mass is 9.86. The van der Waals surface area contributed by atoms with E-state index in [-0.39, 0.29) is 11.9 Å². The number of carbonyl (C=O) groups is 2. The van der Waals surface area contributed by atoms with E-state index in [2.05, 4.69) is 43.2 Å². The summed E-state index contributed by atoms with van der Waals surface area (Å²) in [6.45, 7) is 7.25. The number of rotatable bonds is 25. The van der Waals surface area contributed by atoms with Crippen molar-refractivity contribution in [3.63, 3.8) is 0 Å². The Morgan fingerprint density at radius 1 is 0.823 bits per heavy atom. The van der Waals surface area contributed by atoms with E-state index in [1.165, 1.54) is 7.11 Å². The van der Waals surface area contributed by atoms with Crippen molar-refractivity contribution >= 4 is 17.6 Å². The molecule has 0 bridgehead atoms. The molecule has 0 aliphatic carbocycles.